The number of ether oxygens (including phenoxy) is 1. The molecule has 0 aliphatic carbocycles. The van der Waals surface area contributed by atoms with Crippen LogP contribution in [0.5, 0.6) is 5.75 Å². The van der Waals surface area contributed by atoms with Gasteiger partial charge in [-0.3, -0.25) is 4.79 Å². The zero-order valence-corrected chi connectivity index (χ0v) is 23.4. The molecule has 0 unspecified atom stereocenters. The van der Waals surface area contributed by atoms with E-state index >= 15 is 0 Å². The molecule has 3 aromatic carbocycles. The second kappa shape index (κ2) is 13.3. The lowest BCUT2D eigenvalue weighted by Gasteiger charge is -2.38. The van der Waals surface area contributed by atoms with E-state index in [1.165, 1.54) is 59.5 Å². The highest BCUT2D eigenvalue weighted by atomic mass is 19.1. The molecule has 0 saturated heterocycles. The quantitative estimate of drug-likeness (QED) is 0.313. The maximum absolute atomic E-state index is 13.6. The Labute approximate surface area is 242 Å². The topological polar surface area (TPSA) is 123 Å². The highest BCUT2D eigenvalue weighted by Crippen LogP contribution is 2.31. The van der Waals surface area contributed by atoms with Crippen LogP contribution in [-0.4, -0.2) is 71.8 Å². The number of nitrogens with zero attached hydrogens (tertiary/aromatic N) is 2. The Balaban J connectivity index is 1.54. The van der Waals surface area contributed by atoms with Gasteiger partial charge in [-0.25, -0.2) is 18.4 Å². The number of likely N-dealkylation sites (N-methyl/N-ethyl adjacent to an activating group) is 1. The van der Waals surface area contributed by atoms with Crippen LogP contribution < -0.4 is 20.7 Å². The molecule has 10 nitrogen and oxygen atoms in total. The van der Waals surface area contributed by atoms with Crippen LogP contribution in [0.25, 0.3) is 0 Å². The summed E-state index contributed by atoms with van der Waals surface area (Å²) < 4.78 is 32.7. The van der Waals surface area contributed by atoms with Crippen molar-refractivity contribution in [3.63, 3.8) is 0 Å². The molecule has 5 amide bonds. The van der Waals surface area contributed by atoms with Crippen molar-refractivity contribution in [1.82, 2.24) is 9.80 Å². The summed E-state index contributed by atoms with van der Waals surface area (Å²) in [6.45, 7) is 3.74. The third-order valence-electron chi connectivity index (χ3n) is 6.92. The van der Waals surface area contributed by atoms with Gasteiger partial charge in [-0.15, -0.1) is 0 Å². The minimum atomic E-state index is -0.596. The number of benzene rings is 3. The van der Waals surface area contributed by atoms with Crippen molar-refractivity contribution >= 4 is 35.0 Å². The number of aliphatic hydroxyl groups excluding tert-OH is 1. The van der Waals surface area contributed by atoms with Gasteiger partial charge in [0.2, 0.25) is 0 Å². The monoisotopic (exact) mass is 581 g/mol. The second-order valence-electron chi connectivity index (χ2n) is 10.2. The number of urea groups is 2. The first-order chi connectivity index (χ1) is 20.0. The van der Waals surface area contributed by atoms with Crippen molar-refractivity contribution in [1.29, 1.82) is 0 Å². The fourth-order valence-electron chi connectivity index (χ4n) is 4.45. The Bertz CT molecular complexity index is 1420. The van der Waals surface area contributed by atoms with Gasteiger partial charge in [0.05, 0.1) is 24.8 Å². The largest absolute Gasteiger partial charge is 0.487 e. The third kappa shape index (κ3) is 7.52. The minimum absolute atomic E-state index is 0.156. The van der Waals surface area contributed by atoms with Crippen molar-refractivity contribution < 1.29 is 33.0 Å². The summed E-state index contributed by atoms with van der Waals surface area (Å²) in [4.78, 5) is 42.0. The van der Waals surface area contributed by atoms with E-state index in [4.69, 9.17) is 4.74 Å². The van der Waals surface area contributed by atoms with Crippen LogP contribution in [-0.2, 0) is 0 Å². The van der Waals surface area contributed by atoms with Gasteiger partial charge < -0.3 is 35.6 Å². The number of halogens is 2. The van der Waals surface area contributed by atoms with Crippen LogP contribution in [0.1, 0.15) is 24.2 Å². The molecule has 4 rings (SSSR count). The van der Waals surface area contributed by atoms with Crippen molar-refractivity contribution in [2.75, 3.05) is 42.7 Å². The number of hydrogen-bond donors (Lipinski definition) is 4. The van der Waals surface area contributed by atoms with E-state index in [9.17, 15) is 28.3 Å². The number of fused-ring (bicyclic) bond motifs is 1. The summed E-state index contributed by atoms with van der Waals surface area (Å²) >= 11 is 0. The van der Waals surface area contributed by atoms with Gasteiger partial charge in [0.25, 0.3) is 5.91 Å². The summed E-state index contributed by atoms with van der Waals surface area (Å²) in [6.07, 6.45) is -0.546. The molecule has 42 heavy (non-hydrogen) atoms. The average Bonchev–Trinajstić information content (AvgIpc) is 2.97. The highest BCUT2D eigenvalue weighted by Gasteiger charge is 2.34. The van der Waals surface area contributed by atoms with Crippen LogP contribution >= 0.6 is 0 Å². The number of rotatable bonds is 7. The highest BCUT2D eigenvalue weighted by molar-refractivity contribution is 6.02. The van der Waals surface area contributed by atoms with Crippen molar-refractivity contribution in [3.8, 4) is 5.75 Å². The fraction of sp³-hybridized carbons (Fsp3) is 0.300. The number of nitrogens with one attached hydrogen (secondary N) is 3. The normalized spacial score (nSPS) is 17.2. The summed E-state index contributed by atoms with van der Waals surface area (Å²) in [5.41, 5.74) is 1.29. The number of hydrogen-bond acceptors (Lipinski definition) is 5. The lowest BCUT2D eigenvalue weighted by atomic mass is 9.99. The average molecular weight is 582 g/mol. The molecule has 0 saturated carbocycles. The Kier molecular flexibility index (Phi) is 9.58. The van der Waals surface area contributed by atoms with Gasteiger partial charge in [0.15, 0.2) is 0 Å². The molecule has 3 atom stereocenters. The Morgan fingerprint density at radius 1 is 0.976 bits per heavy atom. The third-order valence-corrected chi connectivity index (χ3v) is 6.92. The molecule has 0 bridgehead atoms. The van der Waals surface area contributed by atoms with Crippen LogP contribution in [0, 0.1) is 17.6 Å². The van der Waals surface area contributed by atoms with E-state index in [0.717, 1.165) is 0 Å². The summed E-state index contributed by atoms with van der Waals surface area (Å²) in [6, 6.07) is 13.8. The fourth-order valence-corrected chi connectivity index (χ4v) is 4.45. The number of carbonyl (C=O) groups excluding carboxylic acids is 3. The van der Waals surface area contributed by atoms with Gasteiger partial charge in [0, 0.05) is 36.6 Å². The van der Waals surface area contributed by atoms with E-state index in [0.29, 0.717) is 17.1 Å². The van der Waals surface area contributed by atoms with Gasteiger partial charge in [0.1, 0.15) is 23.5 Å². The van der Waals surface area contributed by atoms with E-state index in [-0.39, 0.29) is 42.8 Å². The molecule has 1 aliphatic heterocycles. The number of amides is 5. The smallest absolute Gasteiger partial charge is 0.323 e. The van der Waals surface area contributed by atoms with Crippen molar-refractivity contribution in [3.05, 3.63) is 83.9 Å². The zero-order valence-electron chi connectivity index (χ0n) is 23.4. The molecular formula is C30H33F2N5O5. The molecule has 0 fully saturated rings. The summed E-state index contributed by atoms with van der Waals surface area (Å²) in [5, 5.41) is 17.8. The van der Waals surface area contributed by atoms with Gasteiger partial charge in [-0.05, 0) is 73.7 Å². The lowest BCUT2D eigenvalue weighted by molar-refractivity contribution is 0.0371. The molecule has 0 spiro atoms. The predicted molar refractivity (Wildman–Crippen MR) is 155 cm³/mol. The maximum Gasteiger partial charge on any atom is 0.323 e. The molecule has 4 N–H and O–H groups in total. The van der Waals surface area contributed by atoms with Gasteiger partial charge >= 0.3 is 12.1 Å². The Hall–Kier alpha value is -4.71. The molecule has 1 heterocycles. The number of anilines is 3. The van der Waals surface area contributed by atoms with Crippen LogP contribution in [0.3, 0.4) is 0 Å². The molecule has 222 valence electrons. The number of aliphatic hydroxyl groups is 1. The van der Waals surface area contributed by atoms with E-state index in [1.54, 1.807) is 31.0 Å². The van der Waals surface area contributed by atoms with Crippen molar-refractivity contribution in [2.24, 2.45) is 5.92 Å². The standard InChI is InChI=1S/C30H33F2N5O5/c1-18-15-37(19(2)17-38)28(39)25-14-24(34-29(40)33-22-8-4-20(31)5-9-22)12-13-26(25)42-27(18)16-36(3)30(41)35-23-10-6-21(32)7-11-23/h4-14,18-19,27,38H,15-17H2,1-3H3,(H,35,41)(H2,33,34,40)/t18-,19+,27+/m0/s1. The molecule has 3 aromatic rings. The molecule has 1 aliphatic rings. The Morgan fingerprint density at radius 3 is 2.12 bits per heavy atom. The SMILES string of the molecule is C[C@H](CO)N1C[C@H](C)[C@@H](CN(C)C(=O)Nc2ccc(F)cc2)Oc2ccc(NC(=O)Nc3ccc(F)cc3)cc2C1=O. The second-order valence-corrected chi connectivity index (χ2v) is 10.2. The molecule has 12 heteroatoms. The summed E-state index contributed by atoms with van der Waals surface area (Å²) in [5.74, 6) is -1.23. The lowest BCUT2D eigenvalue weighted by Crippen LogP contribution is -2.50. The number of carbonyl (C=O) groups is 3. The van der Waals surface area contributed by atoms with Crippen LogP contribution in [0.2, 0.25) is 0 Å². The first-order valence-corrected chi connectivity index (χ1v) is 13.4. The van der Waals surface area contributed by atoms with Gasteiger partial charge in [-0.2, -0.15) is 0 Å². The van der Waals surface area contributed by atoms with E-state index in [2.05, 4.69) is 16.0 Å². The minimum Gasteiger partial charge on any atom is -0.487 e. The van der Waals surface area contributed by atoms with E-state index in [1.807, 2.05) is 6.92 Å². The van der Waals surface area contributed by atoms with Crippen LogP contribution in [0.15, 0.2) is 66.7 Å². The van der Waals surface area contributed by atoms with Crippen LogP contribution in [0.4, 0.5) is 35.4 Å². The molecular weight excluding hydrogens is 548 g/mol. The van der Waals surface area contributed by atoms with Gasteiger partial charge in [-0.1, -0.05) is 6.92 Å². The molecule has 0 radical (unpaired) electrons. The zero-order chi connectivity index (χ0) is 30.4. The summed E-state index contributed by atoms with van der Waals surface area (Å²) in [7, 11) is 1.60. The predicted octanol–water partition coefficient (Wildman–Crippen LogP) is 4.99. The molecule has 0 aromatic heterocycles. The maximum atomic E-state index is 13.6. The Morgan fingerprint density at radius 2 is 1.52 bits per heavy atom. The van der Waals surface area contributed by atoms with E-state index < -0.39 is 35.8 Å². The first-order valence-electron chi connectivity index (χ1n) is 13.4. The van der Waals surface area contributed by atoms with Crippen molar-refractivity contribution in [2.45, 2.75) is 26.0 Å². The first kappa shape index (κ1) is 30.3.